The Bertz CT molecular complexity index is 474. The van der Waals surface area contributed by atoms with E-state index in [9.17, 15) is 4.79 Å². The lowest BCUT2D eigenvalue weighted by Crippen LogP contribution is -2.44. The molecule has 0 aliphatic carbocycles. The zero-order chi connectivity index (χ0) is 15.5. The third-order valence-electron chi connectivity index (χ3n) is 3.36. The maximum Gasteiger partial charge on any atom is 0.410 e. The number of nitrogens with zero attached hydrogens (tertiary/aromatic N) is 1. The zero-order valence-corrected chi connectivity index (χ0v) is 15.0. The van der Waals surface area contributed by atoms with Crippen molar-refractivity contribution in [2.75, 3.05) is 18.4 Å². The van der Waals surface area contributed by atoms with E-state index in [1.807, 2.05) is 20.8 Å². The topological polar surface area (TPSA) is 41.6 Å². The Morgan fingerprint density at radius 3 is 2.33 bits per heavy atom. The van der Waals surface area contributed by atoms with Crippen LogP contribution in [-0.4, -0.2) is 35.7 Å². The van der Waals surface area contributed by atoms with Gasteiger partial charge in [0.15, 0.2) is 0 Å². The first-order valence-electron chi connectivity index (χ1n) is 7.33. The lowest BCUT2D eigenvalue weighted by molar-refractivity contribution is 0.0210. The number of hydrogen-bond donors (Lipinski definition) is 1. The summed E-state index contributed by atoms with van der Waals surface area (Å²) in [5, 5.41) is 3.53. The van der Waals surface area contributed by atoms with Crippen LogP contribution in [0.3, 0.4) is 0 Å². The van der Waals surface area contributed by atoms with Crippen molar-refractivity contribution in [2.24, 2.45) is 0 Å². The summed E-state index contributed by atoms with van der Waals surface area (Å²) in [6.07, 6.45) is 1.70. The Balaban J connectivity index is 1.80. The quantitative estimate of drug-likeness (QED) is 0.758. The van der Waals surface area contributed by atoms with E-state index in [2.05, 4.69) is 52.2 Å². The predicted molar refractivity (Wildman–Crippen MR) is 93.6 cm³/mol. The second-order valence-corrected chi connectivity index (χ2v) is 7.64. The van der Waals surface area contributed by atoms with Gasteiger partial charge in [0.25, 0.3) is 0 Å². The maximum atomic E-state index is 12.0. The molecule has 0 unspecified atom stereocenters. The van der Waals surface area contributed by atoms with Crippen molar-refractivity contribution in [3.63, 3.8) is 0 Å². The van der Waals surface area contributed by atoms with Crippen LogP contribution in [-0.2, 0) is 4.74 Å². The molecule has 116 valence electrons. The summed E-state index contributed by atoms with van der Waals surface area (Å²) in [6, 6.07) is 8.81. The molecule has 1 aliphatic rings. The van der Waals surface area contributed by atoms with E-state index in [1.54, 1.807) is 4.90 Å². The lowest BCUT2D eigenvalue weighted by atomic mass is 10.0. The number of benzene rings is 1. The van der Waals surface area contributed by atoms with E-state index < -0.39 is 5.60 Å². The van der Waals surface area contributed by atoms with Crippen molar-refractivity contribution in [2.45, 2.75) is 45.3 Å². The van der Waals surface area contributed by atoms with E-state index in [4.69, 9.17) is 4.74 Å². The van der Waals surface area contributed by atoms with Crippen LogP contribution in [0.4, 0.5) is 10.5 Å². The van der Waals surface area contributed by atoms with Crippen molar-refractivity contribution >= 4 is 34.4 Å². The number of piperidine rings is 1. The number of anilines is 1. The summed E-state index contributed by atoms with van der Waals surface area (Å²) in [7, 11) is 0. The average Bonchev–Trinajstić information content (AvgIpc) is 2.40. The molecule has 0 atom stereocenters. The zero-order valence-electron chi connectivity index (χ0n) is 12.9. The molecule has 0 spiro atoms. The molecule has 1 aromatic carbocycles. The first kappa shape index (κ1) is 16.4. The summed E-state index contributed by atoms with van der Waals surface area (Å²) in [5.74, 6) is 0. The summed E-state index contributed by atoms with van der Waals surface area (Å²) in [4.78, 5) is 13.8. The fourth-order valence-electron chi connectivity index (χ4n) is 2.31. The molecule has 1 saturated heterocycles. The molecule has 2 rings (SSSR count). The molecule has 0 radical (unpaired) electrons. The highest BCUT2D eigenvalue weighted by atomic mass is 127. The molecular formula is C16H23IN2O2. The smallest absolute Gasteiger partial charge is 0.410 e. The van der Waals surface area contributed by atoms with E-state index in [1.165, 1.54) is 3.57 Å². The number of ether oxygens (including phenoxy) is 1. The van der Waals surface area contributed by atoms with Gasteiger partial charge in [-0.05, 0) is 80.5 Å². The minimum Gasteiger partial charge on any atom is -0.444 e. The van der Waals surface area contributed by atoms with Gasteiger partial charge in [0, 0.05) is 28.4 Å². The van der Waals surface area contributed by atoms with Crippen LogP contribution in [0, 0.1) is 3.57 Å². The second-order valence-electron chi connectivity index (χ2n) is 6.39. The van der Waals surface area contributed by atoms with Crippen LogP contribution >= 0.6 is 22.6 Å². The van der Waals surface area contributed by atoms with Crippen molar-refractivity contribution in [1.82, 2.24) is 4.90 Å². The third kappa shape index (κ3) is 5.37. The Labute approximate surface area is 140 Å². The Hall–Kier alpha value is -0.980. The number of carbonyl (C=O) groups excluding carboxylic acids is 1. The van der Waals surface area contributed by atoms with Crippen molar-refractivity contribution in [3.8, 4) is 0 Å². The van der Waals surface area contributed by atoms with Crippen molar-refractivity contribution in [1.29, 1.82) is 0 Å². The fraction of sp³-hybridized carbons (Fsp3) is 0.562. The SMILES string of the molecule is CC(C)(C)OC(=O)N1CCC(Nc2ccc(I)cc2)CC1. The van der Waals surface area contributed by atoms with Gasteiger partial charge < -0.3 is 15.0 Å². The van der Waals surface area contributed by atoms with Gasteiger partial charge in [-0.1, -0.05) is 0 Å². The normalized spacial score (nSPS) is 16.7. The van der Waals surface area contributed by atoms with Gasteiger partial charge >= 0.3 is 6.09 Å². The van der Waals surface area contributed by atoms with Gasteiger partial charge in [-0.25, -0.2) is 4.79 Å². The number of likely N-dealkylation sites (tertiary alicyclic amines) is 1. The molecule has 1 aromatic rings. The number of nitrogens with one attached hydrogen (secondary N) is 1. The van der Waals surface area contributed by atoms with Crippen LogP contribution in [0.15, 0.2) is 24.3 Å². The highest BCUT2D eigenvalue weighted by Crippen LogP contribution is 2.19. The molecule has 0 saturated carbocycles. The fourth-order valence-corrected chi connectivity index (χ4v) is 2.67. The second kappa shape index (κ2) is 6.85. The van der Waals surface area contributed by atoms with Crippen LogP contribution in [0.1, 0.15) is 33.6 Å². The minimum atomic E-state index is -0.423. The summed E-state index contributed by atoms with van der Waals surface area (Å²) in [6.45, 7) is 7.19. The summed E-state index contributed by atoms with van der Waals surface area (Å²) >= 11 is 2.30. The number of carbonyl (C=O) groups is 1. The van der Waals surface area contributed by atoms with Gasteiger partial charge in [-0.15, -0.1) is 0 Å². The van der Waals surface area contributed by atoms with Gasteiger partial charge in [-0.3, -0.25) is 0 Å². The Morgan fingerprint density at radius 1 is 1.24 bits per heavy atom. The molecule has 1 fully saturated rings. The molecule has 21 heavy (non-hydrogen) atoms. The molecule has 4 nitrogen and oxygen atoms in total. The molecule has 1 aliphatic heterocycles. The van der Waals surface area contributed by atoms with Crippen LogP contribution in [0.2, 0.25) is 0 Å². The van der Waals surface area contributed by atoms with Crippen LogP contribution in [0.5, 0.6) is 0 Å². The van der Waals surface area contributed by atoms with Gasteiger partial charge in [0.1, 0.15) is 5.60 Å². The first-order valence-corrected chi connectivity index (χ1v) is 8.41. The first-order chi connectivity index (χ1) is 9.83. The molecule has 1 amide bonds. The van der Waals surface area contributed by atoms with Gasteiger partial charge in [-0.2, -0.15) is 0 Å². The number of halogens is 1. The predicted octanol–water partition coefficient (Wildman–Crippen LogP) is 4.10. The minimum absolute atomic E-state index is 0.199. The number of hydrogen-bond acceptors (Lipinski definition) is 3. The highest BCUT2D eigenvalue weighted by molar-refractivity contribution is 14.1. The van der Waals surface area contributed by atoms with Crippen molar-refractivity contribution < 1.29 is 9.53 Å². The molecule has 1 N–H and O–H groups in total. The monoisotopic (exact) mass is 402 g/mol. The third-order valence-corrected chi connectivity index (χ3v) is 4.08. The Morgan fingerprint density at radius 2 is 1.81 bits per heavy atom. The van der Waals surface area contributed by atoms with Crippen LogP contribution < -0.4 is 5.32 Å². The number of rotatable bonds is 2. The number of amides is 1. The van der Waals surface area contributed by atoms with E-state index in [0.29, 0.717) is 6.04 Å². The molecule has 5 heteroatoms. The molecular weight excluding hydrogens is 379 g/mol. The maximum absolute atomic E-state index is 12.0. The molecule has 0 bridgehead atoms. The highest BCUT2D eigenvalue weighted by Gasteiger charge is 2.26. The average molecular weight is 402 g/mol. The van der Waals surface area contributed by atoms with E-state index in [-0.39, 0.29) is 6.09 Å². The molecule has 0 aromatic heterocycles. The Kier molecular flexibility index (Phi) is 5.35. The molecule has 1 heterocycles. The van der Waals surface area contributed by atoms with E-state index in [0.717, 1.165) is 31.6 Å². The summed E-state index contributed by atoms with van der Waals surface area (Å²) in [5.41, 5.74) is 0.721. The summed E-state index contributed by atoms with van der Waals surface area (Å²) < 4.78 is 6.64. The van der Waals surface area contributed by atoms with Crippen molar-refractivity contribution in [3.05, 3.63) is 27.8 Å². The van der Waals surface area contributed by atoms with Gasteiger partial charge in [0.2, 0.25) is 0 Å². The standard InChI is InChI=1S/C16H23IN2O2/c1-16(2,3)21-15(20)19-10-8-14(9-11-19)18-13-6-4-12(17)5-7-13/h4-7,14,18H,8-11H2,1-3H3. The van der Waals surface area contributed by atoms with Gasteiger partial charge in [0.05, 0.1) is 0 Å². The lowest BCUT2D eigenvalue weighted by Gasteiger charge is -2.34. The van der Waals surface area contributed by atoms with E-state index >= 15 is 0 Å². The largest absolute Gasteiger partial charge is 0.444 e. The van der Waals surface area contributed by atoms with Crippen LogP contribution in [0.25, 0.3) is 0 Å².